The Morgan fingerprint density at radius 3 is 2.77 bits per heavy atom. The molecule has 1 fully saturated rings. The molecule has 2 amide bonds. The molecule has 0 radical (unpaired) electrons. The maximum absolute atomic E-state index is 12.9. The number of carbonyl (C=O) groups excluding carboxylic acids is 3. The van der Waals surface area contributed by atoms with Gasteiger partial charge in [-0.2, -0.15) is 0 Å². The van der Waals surface area contributed by atoms with Crippen molar-refractivity contribution in [2.45, 2.75) is 38.5 Å². The summed E-state index contributed by atoms with van der Waals surface area (Å²) < 4.78 is 5.28. The molecule has 2 aromatic carbocycles. The molecule has 6 nitrogen and oxygen atoms in total. The van der Waals surface area contributed by atoms with Crippen LogP contribution in [0.2, 0.25) is 0 Å². The molecule has 4 rings (SSSR count). The Hall–Kier alpha value is -3.41. The SMILES string of the molecule is O=C(/C=C/c1cccc2c1CN([C@H]1CCCCNC1=O)C2=O)OCc1ccccc1. The van der Waals surface area contributed by atoms with Crippen molar-refractivity contribution in [2.75, 3.05) is 6.54 Å². The summed E-state index contributed by atoms with van der Waals surface area (Å²) in [6.45, 7) is 1.23. The molecule has 1 N–H and O–H groups in total. The Kier molecular flexibility index (Phi) is 5.93. The van der Waals surface area contributed by atoms with Gasteiger partial charge in [0.15, 0.2) is 0 Å². The van der Waals surface area contributed by atoms with Crippen molar-refractivity contribution in [2.24, 2.45) is 0 Å². The van der Waals surface area contributed by atoms with E-state index in [0.29, 0.717) is 25.1 Å². The van der Waals surface area contributed by atoms with E-state index < -0.39 is 12.0 Å². The van der Waals surface area contributed by atoms with Crippen LogP contribution in [-0.2, 0) is 27.5 Å². The van der Waals surface area contributed by atoms with E-state index in [1.807, 2.05) is 36.4 Å². The van der Waals surface area contributed by atoms with Crippen molar-refractivity contribution in [1.82, 2.24) is 10.2 Å². The third kappa shape index (κ3) is 4.27. The minimum atomic E-state index is -0.444. The molecule has 30 heavy (non-hydrogen) atoms. The second-order valence-electron chi connectivity index (χ2n) is 7.54. The molecule has 0 spiro atoms. The van der Waals surface area contributed by atoms with Crippen molar-refractivity contribution in [1.29, 1.82) is 0 Å². The molecular weight excluding hydrogens is 380 g/mol. The van der Waals surface area contributed by atoms with E-state index >= 15 is 0 Å². The fraction of sp³-hybridized carbons (Fsp3) is 0.292. The molecule has 2 aliphatic rings. The van der Waals surface area contributed by atoms with Gasteiger partial charge in [0.05, 0.1) is 0 Å². The summed E-state index contributed by atoms with van der Waals surface area (Å²) in [5.41, 5.74) is 3.13. The van der Waals surface area contributed by atoms with E-state index in [-0.39, 0.29) is 18.4 Å². The minimum Gasteiger partial charge on any atom is -0.458 e. The molecule has 0 unspecified atom stereocenters. The van der Waals surface area contributed by atoms with Gasteiger partial charge >= 0.3 is 5.97 Å². The first-order valence-corrected chi connectivity index (χ1v) is 10.2. The van der Waals surface area contributed by atoms with E-state index in [0.717, 1.165) is 29.5 Å². The van der Waals surface area contributed by atoms with E-state index in [1.54, 1.807) is 23.1 Å². The van der Waals surface area contributed by atoms with E-state index in [9.17, 15) is 14.4 Å². The van der Waals surface area contributed by atoms with Gasteiger partial charge in [-0.1, -0.05) is 42.5 Å². The van der Waals surface area contributed by atoms with Gasteiger partial charge in [-0.05, 0) is 48.1 Å². The van der Waals surface area contributed by atoms with Gasteiger partial charge in [0.1, 0.15) is 12.6 Å². The minimum absolute atomic E-state index is 0.0877. The summed E-state index contributed by atoms with van der Waals surface area (Å²) in [5.74, 6) is -0.662. The Balaban J connectivity index is 1.46. The van der Waals surface area contributed by atoms with Gasteiger partial charge in [0.2, 0.25) is 5.91 Å². The van der Waals surface area contributed by atoms with Gasteiger partial charge < -0.3 is 15.0 Å². The zero-order chi connectivity index (χ0) is 20.9. The van der Waals surface area contributed by atoms with Crippen LogP contribution in [0.25, 0.3) is 6.08 Å². The molecule has 0 bridgehead atoms. The van der Waals surface area contributed by atoms with Gasteiger partial charge in [-0.25, -0.2) is 4.79 Å². The zero-order valence-corrected chi connectivity index (χ0v) is 16.7. The van der Waals surface area contributed by atoms with Crippen molar-refractivity contribution in [3.8, 4) is 0 Å². The van der Waals surface area contributed by atoms with Crippen LogP contribution >= 0.6 is 0 Å². The normalized spacial score (nSPS) is 18.8. The second kappa shape index (κ2) is 8.95. The average Bonchev–Trinajstić information content (AvgIpc) is 2.95. The number of ether oxygens (including phenoxy) is 1. The summed E-state index contributed by atoms with van der Waals surface area (Å²) in [6.07, 6.45) is 5.56. The van der Waals surface area contributed by atoms with Crippen LogP contribution < -0.4 is 5.32 Å². The monoisotopic (exact) mass is 404 g/mol. The maximum atomic E-state index is 12.9. The molecule has 6 heteroatoms. The van der Waals surface area contributed by atoms with Crippen LogP contribution in [0.1, 0.15) is 46.3 Å². The Morgan fingerprint density at radius 2 is 1.93 bits per heavy atom. The molecule has 1 atom stereocenters. The van der Waals surface area contributed by atoms with Crippen LogP contribution in [0.5, 0.6) is 0 Å². The molecule has 0 aliphatic carbocycles. The molecule has 1 saturated heterocycles. The molecular formula is C24H24N2O4. The molecule has 154 valence electrons. The van der Waals surface area contributed by atoms with Crippen LogP contribution in [0, 0.1) is 0 Å². The fourth-order valence-electron chi connectivity index (χ4n) is 3.94. The Morgan fingerprint density at radius 1 is 1.10 bits per heavy atom. The number of hydrogen-bond acceptors (Lipinski definition) is 4. The van der Waals surface area contributed by atoms with Crippen LogP contribution in [0.4, 0.5) is 0 Å². The number of fused-ring (bicyclic) bond motifs is 1. The van der Waals surface area contributed by atoms with Crippen molar-refractivity contribution in [3.63, 3.8) is 0 Å². The summed E-state index contributed by atoms with van der Waals surface area (Å²) in [7, 11) is 0. The highest BCUT2D eigenvalue weighted by atomic mass is 16.5. The molecule has 0 aromatic heterocycles. The Labute approximate surface area is 175 Å². The van der Waals surface area contributed by atoms with Crippen LogP contribution in [0.15, 0.2) is 54.6 Å². The lowest BCUT2D eigenvalue weighted by atomic mass is 10.0. The predicted molar refractivity (Wildman–Crippen MR) is 112 cm³/mol. The first-order chi connectivity index (χ1) is 14.6. The Bertz CT molecular complexity index is 984. The summed E-state index contributed by atoms with van der Waals surface area (Å²) in [5, 5.41) is 2.89. The van der Waals surface area contributed by atoms with Crippen molar-refractivity contribution in [3.05, 3.63) is 76.9 Å². The van der Waals surface area contributed by atoms with Gasteiger partial charge in [-0.3, -0.25) is 9.59 Å². The van der Waals surface area contributed by atoms with E-state index in [2.05, 4.69) is 5.32 Å². The van der Waals surface area contributed by atoms with Crippen molar-refractivity contribution < 1.29 is 19.1 Å². The summed E-state index contributed by atoms with van der Waals surface area (Å²) in [4.78, 5) is 39.1. The number of esters is 1. The maximum Gasteiger partial charge on any atom is 0.331 e. The highest BCUT2D eigenvalue weighted by Crippen LogP contribution is 2.30. The van der Waals surface area contributed by atoms with Gasteiger partial charge in [-0.15, -0.1) is 0 Å². The number of hydrogen-bond donors (Lipinski definition) is 1. The van der Waals surface area contributed by atoms with Crippen molar-refractivity contribution >= 4 is 23.9 Å². The highest BCUT2D eigenvalue weighted by molar-refractivity contribution is 6.02. The molecule has 2 aliphatic heterocycles. The lowest BCUT2D eigenvalue weighted by Crippen LogP contribution is -2.45. The predicted octanol–water partition coefficient (Wildman–Crippen LogP) is 3.07. The smallest absolute Gasteiger partial charge is 0.331 e. The third-order valence-electron chi connectivity index (χ3n) is 5.54. The third-order valence-corrected chi connectivity index (χ3v) is 5.54. The van der Waals surface area contributed by atoms with Crippen LogP contribution in [-0.4, -0.2) is 35.3 Å². The van der Waals surface area contributed by atoms with Crippen LogP contribution in [0.3, 0.4) is 0 Å². The number of benzene rings is 2. The molecule has 0 saturated carbocycles. The first-order valence-electron chi connectivity index (χ1n) is 10.2. The summed E-state index contributed by atoms with van der Waals surface area (Å²) >= 11 is 0. The quantitative estimate of drug-likeness (QED) is 0.614. The number of rotatable bonds is 5. The van der Waals surface area contributed by atoms with Gasteiger partial charge in [0.25, 0.3) is 5.91 Å². The number of amides is 2. The standard InChI is InChI=1S/C24H24N2O4/c27-22(30-16-17-7-2-1-3-8-17)13-12-18-9-6-10-19-20(18)15-26(24(19)29)21-11-4-5-14-25-23(21)28/h1-3,6-10,12-13,21H,4-5,11,14-16H2,(H,25,28)/b13-12+/t21-/m0/s1. The van der Waals surface area contributed by atoms with E-state index in [4.69, 9.17) is 4.74 Å². The lowest BCUT2D eigenvalue weighted by molar-refractivity contribution is -0.138. The summed E-state index contributed by atoms with van der Waals surface area (Å²) in [6, 6.07) is 14.5. The zero-order valence-electron chi connectivity index (χ0n) is 16.7. The highest BCUT2D eigenvalue weighted by Gasteiger charge is 2.37. The number of nitrogens with zero attached hydrogens (tertiary/aromatic N) is 1. The fourth-order valence-corrected chi connectivity index (χ4v) is 3.94. The molecule has 2 heterocycles. The largest absolute Gasteiger partial charge is 0.458 e. The average molecular weight is 404 g/mol. The van der Waals surface area contributed by atoms with E-state index in [1.165, 1.54) is 6.08 Å². The topological polar surface area (TPSA) is 75.7 Å². The molecule has 2 aromatic rings. The second-order valence-corrected chi connectivity index (χ2v) is 7.54. The first kappa shape index (κ1) is 19.9. The lowest BCUT2D eigenvalue weighted by Gasteiger charge is -2.25. The number of nitrogens with one attached hydrogen (secondary N) is 1. The van der Waals surface area contributed by atoms with Gasteiger partial charge in [0, 0.05) is 24.7 Å². The number of carbonyl (C=O) groups is 3.